The Labute approximate surface area is 107 Å². The van der Waals surface area contributed by atoms with Crippen LogP contribution in [0.1, 0.15) is 22.8 Å². The monoisotopic (exact) mass is 246 g/mol. The fraction of sp³-hybridized carbons (Fsp3) is 0.385. The van der Waals surface area contributed by atoms with Crippen LogP contribution in [-0.4, -0.2) is 24.4 Å². The molecule has 1 atom stereocenters. The van der Waals surface area contributed by atoms with E-state index in [9.17, 15) is 4.79 Å². The number of rotatable bonds is 4. The van der Waals surface area contributed by atoms with Gasteiger partial charge in [0.1, 0.15) is 0 Å². The van der Waals surface area contributed by atoms with Gasteiger partial charge in [-0.1, -0.05) is 0 Å². The van der Waals surface area contributed by atoms with Crippen LogP contribution < -0.4 is 11.3 Å². The third kappa shape index (κ3) is 3.22. The lowest BCUT2D eigenvalue weighted by molar-refractivity contribution is 0.0784. The molecule has 1 aromatic rings. The highest BCUT2D eigenvalue weighted by Gasteiger charge is 2.16. The predicted molar refractivity (Wildman–Crippen MR) is 70.7 cm³/mol. The Kier molecular flexibility index (Phi) is 4.69. The summed E-state index contributed by atoms with van der Waals surface area (Å²) in [5.41, 5.74) is 4.78. The van der Waals surface area contributed by atoms with E-state index in [0.717, 1.165) is 11.3 Å². The molecule has 1 rings (SSSR count). The van der Waals surface area contributed by atoms with E-state index in [-0.39, 0.29) is 11.8 Å². The lowest BCUT2D eigenvalue weighted by Gasteiger charge is -2.19. The van der Waals surface area contributed by atoms with Crippen molar-refractivity contribution < 1.29 is 4.79 Å². The van der Waals surface area contributed by atoms with E-state index in [1.807, 2.05) is 13.0 Å². The number of nitrogens with zero attached hydrogens (tertiary/aromatic N) is 2. The number of nitriles is 1. The minimum Gasteiger partial charge on any atom is -0.340 e. The van der Waals surface area contributed by atoms with Gasteiger partial charge in [0.2, 0.25) is 0 Å². The van der Waals surface area contributed by atoms with E-state index in [1.165, 1.54) is 0 Å². The summed E-state index contributed by atoms with van der Waals surface area (Å²) in [4.78, 5) is 13.7. The SMILES string of the molecule is Cc1cc(NN)ccc1C(=O)N(C)CC(C)C#N. The van der Waals surface area contributed by atoms with Gasteiger partial charge < -0.3 is 10.3 Å². The first-order chi connectivity index (χ1) is 8.49. The Bertz CT molecular complexity index is 478. The molecule has 1 aromatic carbocycles. The number of anilines is 1. The van der Waals surface area contributed by atoms with Gasteiger partial charge in [0.05, 0.1) is 12.0 Å². The van der Waals surface area contributed by atoms with Crippen LogP contribution in [0.2, 0.25) is 0 Å². The first-order valence-electron chi connectivity index (χ1n) is 5.72. The van der Waals surface area contributed by atoms with E-state index < -0.39 is 0 Å². The van der Waals surface area contributed by atoms with Crippen LogP contribution in [0.5, 0.6) is 0 Å². The maximum atomic E-state index is 12.2. The zero-order chi connectivity index (χ0) is 13.7. The molecule has 0 radical (unpaired) electrons. The van der Waals surface area contributed by atoms with Crippen LogP contribution in [0.15, 0.2) is 18.2 Å². The Morgan fingerprint density at radius 3 is 2.78 bits per heavy atom. The van der Waals surface area contributed by atoms with Gasteiger partial charge in [-0.25, -0.2) is 0 Å². The Morgan fingerprint density at radius 1 is 1.61 bits per heavy atom. The molecule has 0 aromatic heterocycles. The topological polar surface area (TPSA) is 82.2 Å². The van der Waals surface area contributed by atoms with Crippen molar-refractivity contribution in [2.75, 3.05) is 19.0 Å². The van der Waals surface area contributed by atoms with Gasteiger partial charge in [-0.3, -0.25) is 10.6 Å². The fourth-order valence-corrected chi connectivity index (χ4v) is 1.73. The normalized spacial score (nSPS) is 11.5. The maximum absolute atomic E-state index is 12.2. The summed E-state index contributed by atoms with van der Waals surface area (Å²) >= 11 is 0. The average molecular weight is 246 g/mol. The van der Waals surface area contributed by atoms with E-state index in [4.69, 9.17) is 11.1 Å². The molecular weight excluding hydrogens is 228 g/mol. The zero-order valence-corrected chi connectivity index (χ0v) is 10.9. The van der Waals surface area contributed by atoms with Crippen LogP contribution in [0.4, 0.5) is 5.69 Å². The molecule has 0 aliphatic rings. The molecule has 96 valence electrons. The number of carbonyl (C=O) groups excluding carboxylic acids is 1. The Hall–Kier alpha value is -2.06. The molecule has 0 heterocycles. The van der Waals surface area contributed by atoms with Crippen molar-refractivity contribution in [2.45, 2.75) is 13.8 Å². The summed E-state index contributed by atoms with van der Waals surface area (Å²) in [5.74, 6) is 5.05. The van der Waals surface area contributed by atoms with Gasteiger partial charge in [0.25, 0.3) is 5.91 Å². The van der Waals surface area contributed by atoms with E-state index in [0.29, 0.717) is 12.1 Å². The van der Waals surface area contributed by atoms with Gasteiger partial charge >= 0.3 is 0 Å². The number of nitrogens with one attached hydrogen (secondary N) is 1. The molecule has 1 unspecified atom stereocenters. The fourth-order valence-electron chi connectivity index (χ4n) is 1.73. The van der Waals surface area contributed by atoms with Gasteiger partial charge in [0.15, 0.2) is 0 Å². The number of aryl methyl sites for hydroxylation is 1. The van der Waals surface area contributed by atoms with Crippen LogP contribution >= 0.6 is 0 Å². The lowest BCUT2D eigenvalue weighted by Crippen LogP contribution is -2.31. The number of hydrogen-bond donors (Lipinski definition) is 2. The Morgan fingerprint density at radius 2 is 2.28 bits per heavy atom. The van der Waals surface area contributed by atoms with E-state index in [1.54, 1.807) is 31.0 Å². The number of nitrogen functional groups attached to an aromatic ring is 1. The number of benzene rings is 1. The molecule has 5 nitrogen and oxygen atoms in total. The van der Waals surface area contributed by atoms with Gasteiger partial charge in [-0.05, 0) is 37.6 Å². The predicted octanol–water partition coefficient (Wildman–Crippen LogP) is 1.51. The number of carbonyl (C=O) groups is 1. The minimum atomic E-state index is -0.177. The lowest BCUT2D eigenvalue weighted by atomic mass is 10.1. The first-order valence-corrected chi connectivity index (χ1v) is 5.72. The first kappa shape index (κ1) is 14.0. The van der Waals surface area contributed by atoms with Gasteiger partial charge in [-0.2, -0.15) is 5.26 Å². The summed E-state index contributed by atoms with van der Waals surface area (Å²) in [5, 5.41) is 8.75. The quantitative estimate of drug-likeness (QED) is 0.623. The summed E-state index contributed by atoms with van der Waals surface area (Å²) < 4.78 is 0. The second-order valence-electron chi connectivity index (χ2n) is 4.39. The summed E-state index contributed by atoms with van der Waals surface area (Å²) in [6.45, 7) is 4.07. The third-order valence-corrected chi connectivity index (χ3v) is 2.74. The molecule has 0 aliphatic heterocycles. The number of amides is 1. The molecule has 0 bridgehead atoms. The number of hydrazine groups is 1. The molecule has 0 saturated heterocycles. The minimum absolute atomic E-state index is 0.0850. The number of hydrogen-bond acceptors (Lipinski definition) is 4. The molecule has 5 heteroatoms. The van der Waals surface area contributed by atoms with E-state index in [2.05, 4.69) is 11.5 Å². The van der Waals surface area contributed by atoms with Crippen LogP contribution in [0.3, 0.4) is 0 Å². The smallest absolute Gasteiger partial charge is 0.253 e. The maximum Gasteiger partial charge on any atom is 0.253 e. The highest BCUT2D eigenvalue weighted by atomic mass is 16.2. The van der Waals surface area contributed by atoms with Crippen molar-refractivity contribution in [3.05, 3.63) is 29.3 Å². The van der Waals surface area contributed by atoms with Crippen molar-refractivity contribution in [2.24, 2.45) is 11.8 Å². The molecule has 1 amide bonds. The second kappa shape index (κ2) is 6.03. The summed E-state index contributed by atoms with van der Waals surface area (Å²) in [6.07, 6.45) is 0. The van der Waals surface area contributed by atoms with Crippen molar-refractivity contribution in [3.63, 3.8) is 0 Å². The highest BCUT2D eigenvalue weighted by molar-refractivity contribution is 5.95. The van der Waals surface area contributed by atoms with Gasteiger partial charge in [0, 0.05) is 24.8 Å². The molecule has 0 aliphatic carbocycles. The highest BCUT2D eigenvalue weighted by Crippen LogP contribution is 2.16. The molecule has 18 heavy (non-hydrogen) atoms. The molecule has 3 N–H and O–H groups in total. The third-order valence-electron chi connectivity index (χ3n) is 2.74. The zero-order valence-electron chi connectivity index (χ0n) is 10.9. The standard InChI is InChI=1S/C13H18N4O/c1-9(7-14)8-17(3)13(18)12-5-4-11(16-15)6-10(12)2/h4-6,9,16H,8,15H2,1-3H3. The van der Waals surface area contributed by atoms with Crippen molar-refractivity contribution >= 4 is 11.6 Å². The second-order valence-corrected chi connectivity index (χ2v) is 4.39. The van der Waals surface area contributed by atoms with Crippen molar-refractivity contribution in [3.8, 4) is 6.07 Å². The molecule has 0 spiro atoms. The summed E-state index contributed by atoms with van der Waals surface area (Å²) in [6, 6.07) is 7.42. The van der Waals surface area contributed by atoms with Crippen molar-refractivity contribution in [1.29, 1.82) is 5.26 Å². The van der Waals surface area contributed by atoms with Crippen LogP contribution in [0.25, 0.3) is 0 Å². The Balaban J connectivity index is 2.87. The largest absolute Gasteiger partial charge is 0.340 e. The van der Waals surface area contributed by atoms with Crippen molar-refractivity contribution in [1.82, 2.24) is 4.90 Å². The van der Waals surface area contributed by atoms with Crippen LogP contribution in [-0.2, 0) is 0 Å². The molecule has 0 saturated carbocycles. The average Bonchev–Trinajstić information content (AvgIpc) is 2.37. The number of nitrogens with two attached hydrogens (primary N) is 1. The molecule has 0 fully saturated rings. The van der Waals surface area contributed by atoms with Crippen LogP contribution in [0, 0.1) is 24.2 Å². The summed E-state index contributed by atoms with van der Waals surface area (Å²) in [7, 11) is 1.70. The molecular formula is C13H18N4O. The van der Waals surface area contributed by atoms with E-state index >= 15 is 0 Å². The van der Waals surface area contributed by atoms with Gasteiger partial charge in [-0.15, -0.1) is 0 Å².